The molecule has 1 aliphatic rings. The van der Waals surface area contributed by atoms with Crippen molar-refractivity contribution in [3.63, 3.8) is 0 Å². The second-order valence-electron chi connectivity index (χ2n) is 6.62. The van der Waals surface area contributed by atoms with E-state index in [1.165, 1.54) is 28.6 Å². The van der Waals surface area contributed by atoms with Crippen LogP contribution in [0.4, 0.5) is 5.69 Å². The Morgan fingerprint density at radius 1 is 1.03 bits per heavy atom. The van der Waals surface area contributed by atoms with Crippen LogP contribution in [0.25, 0.3) is 0 Å². The Morgan fingerprint density at radius 2 is 1.72 bits per heavy atom. The van der Waals surface area contributed by atoms with Gasteiger partial charge in [-0.05, 0) is 55.3 Å². The number of ether oxygens (including phenoxy) is 1. The highest BCUT2D eigenvalue weighted by atomic mass is 79.9. The Kier molecular flexibility index (Phi) is 7.05. The summed E-state index contributed by atoms with van der Waals surface area (Å²) < 4.78 is 32.6. The number of rotatable bonds is 6. The van der Waals surface area contributed by atoms with Crippen LogP contribution in [0.5, 0.6) is 0 Å². The monoisotopic (exact) mass is 480 g/mol. The molecule has 0 saturated carbocycles. The number of sulfonamides is 1. The number of carbonyl (C=O) groups excluding carboxylic acids is 2. The van der Waals surface area contributed by atoms with Gasteiger partial charge in [-0.3, -0.25) is 4.79 Å². The number of carbonyl (C=O) groups is 2. The summed E-state index contributed by atoms with van der Waals surface area (Å²) >= 11 is 3.31. The maximum Gasteiger partial charge on any atom is 0.338 e. The summed E-state index contributed by atoms with van der Waals surface area (Å²) in [6.45, 7) is 0.581. The van der Waals surface area contributed by atoms with Gasteiger partial charge in [0.25, 0.3) is 5.91 Å². The number of nitrogens with one attached hydrogen (secondary N) is 1. The smallest absolute Gasteiger partial charge is 0.338 e. The molecule has 0 radical (unpaired) electrons. The highest BCUT2D eigenvalue weighted by Gasteiger charge is 2.26. The van der Waals surface area contributed by atoms with Gasteiger partial charge < -0.3 is 10.1 Å². The summed E-state index contributed by atoms with van der Waals surface area (Å²) in [7, 11) is -3.56. The van der Waals surface area contributed by atoms with Crippen molar-refractivity contribution in [2.45, 2.75) is 24.2 Å². The zero-order valence-corrected chi connectivity index (χ0v) is 18.0. The molecule has 0 aromatic heterocycles. The molecule has 1 aliphatic heterocycles. The van der Waals surface area contributed by atoms with Crippen LogP contribution >= 0.6 is 15.9 Å². The van der Waals surface area contributed by atoms with Gasteiger partial charge >= 0.3 is 5.97 Å². The summed E-state index contributed by atoms with van der Waals surface area (Å²) in [6.07, 6.45) is 2.74. The molecule has 9 heteroatoms. The van der Waals surface area contributed by atoms with Crippen LogP contribution in [-0.2, 0) is 19.6 Å². The maximum atomic E-state index is 12.6. The molecule has 1 amide bonds. The van der Waals surface area contributed by atoms with Crippen LogP contribution in [0.15, 0.2) is 57.9 Å². The van der Waals surface area contributed by atoms with Gasteiger partial charge in [0.2, 0.25) is 10.0 Å². The van der Waals surface area contributed by atoms with E-state index < -0.39 is 28.5 Å². The Hall–Kier alpha value is -2.23. The molecule has 154 valence electrons. The second kappa shape index (κ2) is 9.51. The topological polar surface area (TPSA) is 92.8 Å². The van der Waals surface area contributed by atoms with Crippen LogP contribution in [-0.4, -0.2) is 44.3 Å². The summed E-state index contributed by atoms with van der Waals surface area (Å²) in [5.74, 6) is -1.17. The molecule has 3 rings (SSSR count). The number of anilines is 1. The first-order valence-corrected chi connectivity index (χ1v) is 11.4. The fraction of sp³-hybridized carbons (Fsp3) is 0.300. The molecular formula is C20H21BrN2O5S. The normalized spacial score (nSPS) is 14.9. The third-order valence-electron chi connectivity index (χ3n) is 4.49. The molecule has 1 N–H and O–H groups in total. The highest BCUT2D eigenvalue weighted by molar-refractivity contribution is 9.10. The largest absolute Gasteiger partial charge is 0.452 e. The van der Waals surface area contributed by atoms with Crippen molar-refractivity contribution in [3.05, 3.63) is 58.6 Å². The van der Waals surface area contributed by atoms with Gasteiger partial charge in [-0.2, -0.15) is 4.31 Å². The fourth-order valence-electron chi connectivity index (χ4n) is 3.00. The third-order valence-corrected chi connectivity index (χ3v) is 6.89. The number of piperidine rings is 1. The zero-order chi connectivity index (χ0) is 20.9. The van der Waals surface area contributed by atoms with E-state index in [1.807, 2.05) is 6.07 Å². The van der Waals surface area contributed by atoms with Crippen LogP contribution in [0.3, 0.4) is 0 Å². The number of amides is 1. The fourth-order valence-corrected chi connectivity index (χ4v) is 4.91. The minimum absolute atomic E-state index is 0.142. The van der Waals surface area contributed by atoms with Crippen molar-refractivity contribution in [1.29, 1.82) is 0 Å². The first-order valence-electron chi connectivity index (χ1n) is 9.19. The van der Waals surface area contributed by atoms with Crippen molar-refractivity contribution in [2.75, 3.05) is 25.0 Å². The van der Waals surface area contributed by atoms with E-state index in [0.717, 1.165) is 23.7 Å². The molecule has 1 fully saturated rings. The van der Waals surface area contributed by atoms with Crippen LogP contribution in [0.2, 0.25) is 0 Å². The van der Waals surface area contributed by atoms with E-state index in [1.54, 1.807) is 18.2 Å². The molecule has 1 heterocycles. The number of esters is 1. The quantitative estimate of drug-likeness (QED) is 0.639. The number of hydrogen-bond acceptors (Lipinski definition) is 5. The SMILES string of the molecule is O=C(COC(=O)c1ccc(S(=O)(=O)N2CCCCC2)cc1)Nc1cccc(Br)c1. The van der Waals surface area contributed by atoms with Crippen LogP contribution < -0.4 is 5.32 Å². The minimum atomic E-state index is -3.56. The number of halogens is 1. The number of hydrogen-bond donors (Lipinski definition) is 1. The summed E-state index contributed by atoms with van der Waals surface area (Å²) in [5, 5.41) is 2.62. The van der Waals surface area contributed by atoms with E-state index in [0.29, 0.717) is 18.8 Å². The predicted octanol–water partition coefficient (Wildman–Crippen LogP) is 3.42. The van der Waals surface area contributed by atoms with Crippen molar-refractivity contribution in [1.82, 2.24) is 4.31 Å². The lowest BCUT2D eigenvalue weighted by atomic mass is 10.2. The van der Waals surface area contributed by atoms with E-state index >= 15 is 0 Å². The molecule has 29 heavy (non-hydrogen) atoms. The zero-order valence-electron chi connectivity index (χ0n) is 15.6. The van der Waals surface area contributed by atoms with Crippen molar-refractivity contribution >= 4 is 43.5 Å². The predicted molar refractivity (Wildman–Crippen MR) is 112 cm³/mol. The Labute approximate surface area is 178 Å². The first-order chi connectivity index (χ1) is 13.9. The molecule has 7 nitrogen and oxygen atoms in total. The van der Waals surface area contributed by atoms with E-state index in [9.17, 15) is 18.0 Å². The molecule has 0 spiro atoms. The number of nitrogens with zero attached hydrogens (tertiary/aromatic N) is 1. The Morgan fingerprint density at radius 3 is 2.38 bits per heavy atom. The molecule has 0 unspecified atom stereocenters. The van der Waals surface area contributed by atoms with Gasteiger partial charge in [0, 0.05) is 23.2 Å². The highest BCUT2D eigenvalue weighted by Crippen LogP contribution is 2.21. The van der Waals surface area contributed by atoms with E-state index in [2.05, 4.69) is 21.2 Å². The van der Waals surface area contributed by atoms with Crippen molar-refractivity contribution in [3.8, 4) is 0 Å². The first kappa shape index (κ1) is 21.5. The second-order valence-corrected chi connectivity index (χ2v) is 9.48. The summed E-state index contributed by atoms with van der Waals surface area (Å²) in [6, 6.07) is 12.6. The third kappa shape index (κ3) is 5.65. The van der Waals surface area contributed by atoms with E-state index in [-0.39, 0.29) is 10.5 Å². The van der Waals surface area contributed by atoms with Gasteiger partial charge in [-0.15, -0.1) is 0 Å². The summed E-state index contributed by atoms with van der Waals surface area (Å²) in [5.41, 5.74) is 0.755. The Bertz CT molecular complexity index is 986. The van der Waals surface area contributed by atoms with Crippen LogP contribution in [0.1, 0.15) is 29.6 Å². The van der Waals surface area contributed by atoms with E-state index in [4.69, 9.17) is 4.74 Å². The molecule has 0 aliphatic carbocycles. The minimum Gasteiger partial charge on any atom is -0.452 e. The van der Waals surface area contributed by atoms with Gasteiger partial charge in [0.05, 0.1) is 10.5 Å². The average molecular weight is 481 g/mol. The van der Waals surface area contributed by atoms with Crippen molar-refractivity contribution in [2.24, 2.45) is 0 Å². The molecule has 2 aromatic rings. The van der Waals surface area contributed by atoms with Gasteiger partial charge in [-0.25, -0.2) is 13.2 Å². The molecule has 1 saturated heterocycles. The van der Waals surface area contributed by atoms with Gasteiger partial charge in [-0.1, -0.05) is 28.4 Å². The average Bonchev–Trinajstić information content (AvgIpc) is 2.73. The lowest BCUT2D eigenvalue weighted by molar-refractivity contribution is -0.119. The maximum absolute atomic E-state index is 12.6. The lowest BCUT2D eigenvalue weighted by Gasteiger charge is -2.25. The summed E-state index contributed by atoms with van der Waals surface area (Å²) in [4.78, 5) is 24.2. The Balaban J connectivity index is 1.56. The molecule has 2 aromatic carbocycles. The standard InChI is InChI=1S/C20H21BrN2O5S/c21-16-5-4-6-17(13-16)22-19(24)14-28-20(25)15-7-9-18(10-8-15)29(26,27)23-11-2-1-3-12-23/h4-10,13H,1-3,11-12,14H2,(H,22,24). The van der Waals surface area contributed by atoms with Crippen molar-refractivity contribution < 1.29 is 22.7 Å². The number of benzene rings is 2. The molecule has 0 atom stereocenters. The van der Waals surface area contributed by atoms with Gasteiger partial charge in [0.1, 0.15) is 0 Å². The molecule has 0 bridgehead atoms. The van der Waals surface area contributed by atoms with Gasteiger partial charge in [0.15, 0.2) is 6.61 Å². The lowest BCUT2D eigenvalue weighted by Crippen LogP contribution is -2.35. The van der Waals surface area contributed by atoms with Crippen LogP contribution in [0, 0.1) is 0 Å². The molecular weight excluding hydrogens is 460 g/mol.